The summed E-state index contributed by atoms with van der Waals surface area (Å²) in [4.78, 5) is 25.1. The summed E-state index contributed by atoms with van der Waals surface area (Å²) in [5.41, 5.74) is 0.972. The lowest BCUT2D eigenvalue weighted by Gasteiger charge is -2.34. The minimum atomic E-state index is -0.421. The van der Waals surface area contributed by atoms with Gasteiger partial charge in [0.1, 0.15) is 0 Å². The van der Waals surface area contributed by atoms with Crippen LogP contribution in [-0.2, 0) is 4.79 Å². The monoisotopic (exact) mass is 243 g/mol. The second-order valence-electron chi connectivity index (χ2n) is 4.36. The highest BCUT2D eigenvalue weighted by Crippen LogP contribution is 2.22. The average molecular weight is 243 g/mol. The Morgan fingerprint density at radius 3 is 2.39 bits per heavy atom. The maximum Gasteiger partial charge on any atom is 0.328 e. The Morgan fingerprint density at radius 1 is 1.22 bits per heavy atom. The summed E-state index contributed by atoms with van der Waals surface area (Å²) in [5.74, 6) is -0.491. The van der Waals surface area contributed by atoms with Gasteiger partial charge in [0.2, 0.25) is 5.91 Å². The van der Waals surface area contributed by atoms with Gasteiger partial charge in [0.05, 0.1) is 23.2 Å². The number of rotatable bonds is 1. The third-order valence-electron chi connectivity index (χ3n) is 3.17. The molecule has 1 fully saturated rings. The Kier molecular flexibility index (Phi) is 3.02. The molecule has 2 rings (SSSR count). The number of nitrogens with zero attached hydrogens (tertiary/aromatic N) is 2. The zero-order valence-corrected chi connectivity index (χ0v) is 10.2. The van der Waals surface area contributed by atoms with Gasteiger partial charge in [0.15, 0.2) is 0 Å². The molecule has 0 spiro atoms. The molecule has 2 atom stereocenters. The van der Waals surface area contributed by atoms with Crippen LogP contribution in [0.15, 0.2) is 24.3 Å². The van der Waals surface area contributed by atoms with Crippen LogP contribution in [0.25, 0.3) is 0 Å². The van der Waals surface area contributed by atoms with Crippen molar-refractivity contribution in [3.63, 3.8) is 0 Å². The number of nitriles is 1. The van der Waals surface area contributed by atoms with Crippen LogP contribution in [0, 0.1) is 17.2 Å². The maximum absolute atomic E-state index is 12.1. The van der Waals surface area contributed by atoms with Gasteiger partial charge in [-0.3, -0.25) is 4.79 Å². The molecule has 1 N–H and O–H groups in total. The van der Waals surface area contributed by atoms with Gasteiger partial charge in [-0.25, -0.2) is 9.69 Å². The molecule has 1 saturated heterocycles. The molecule has 0 radical (unpaired) electrons. The zero-order valence-electron chi connectivity index (χ0n) is 10.2. The number of carbonyl (C=O) groups excluding carboxylic acids is 2. The highest BCUT2D eigenvalue weighted by Gasteiger charge is 2.36. The van der Waals surface area contributed by atoms with Crippen molar-refractivity contribution in [1.82, 2.24) is 5.32 Å². The van der Waals surface area contributed by atoms with E-state index >= 15 is 0 Å². The van der Waals surface area contributed by atoms with Crippen molar-refractivity contribution in [2.24, 2.45) is 5.92 Å². The number of carbonyl (C=O) groups is 2. The fourth-order valence-corrected chi connectivity index (χ4v) is 1.83. The predicted molar refractivity (Wildman–Crippen MR) is 65.8 cm³/mol. The molecule has 0 aliphatic carbocycles. The molecule has 2 unspecified atom stereocenters. The highest BCUT2D eigenvalue weighted by molar-refractivity contribution is 6.16. The number of nitrogens with one attached hydrogen (secondary N) is 1. The Hall–Kier alpha value is -2.35. The molecule has 1 heterocycles. The van der Waals surface area contributed by atoms with Crippen LogP contribution in [0.2, 0.25) is 0 Å². The number of benzene rings is 1. The van der Waals surface area contributed by atoms with E-state index in [0.29, 0.717) is 11.3 Å². The number of imide groups is 1. The van der Waals surface area contributed by atoms with Crippen molar-refractivity contribution in [3.8, 4) is 6.07 Å². The van der Waals surface area contributed by atoms with Crippen LogP contribution in [0.1, 0.15) is 19.4 Å². The number of hydrogen-bond acceptors (Lipinski definition) is 3. The van der Waals surface area contributed by atoms with Crippen LogP contribution >= 0.6 is 0 Å². The topological polar surface area (TPSA) is 73.2 Å². The van der Waals surface area contributed by atoms with Crippen molar-refractivity contribution >= 4 is 17.6 Å². The minimum Gasteiger partial charge on any atom is -0.334 e. The van der Waals surface area contributed by atoms with Gasteiger partial charge >= 0.3 is 6.03 Å². The van der Waals surface area contributed by atoms with E-state index in [1.807, 2.05) is 6.07 Å². The highest BCUT2D eigenvalue weighted by atomic mass is 16.2. The molecular formula is C13H13N3O2. The molecule has 1 aliphatic rings. The largest absolute Gasteiger partial charge is 0.334 e. The third-order valence-corrected chi connectivity index (χ3v) is 3.17. The first-order chi connectivity index (χ1) is 8.54. The zero-order chi connectivity index (χ0) is 13.3. The molecule has 5 heteroatoms. The smallest absolute Gasteiger partial charge is 0.328 e. The summed E-state index contributed by atoms with van der Waals surface area (Å²) < 4.78 is 0. The quantitative estimate of drug-likeness (QED) is 0.814. The second kappa shape index (κ2) is 4.49. The fourth-order valence-electron chi connectivity index (χ4n) is 1.83. The molecule has 18 heavy (non-hydrogen) atoms. The lowest BCUT2D eigenvalue weighted by molar-refractivity contribution is -0.122. The van der Waals surface area contributed by atoms with Gasteiger partial charge < -0.3 is 5.32 Å². The van der Waals surface area contributed by atoms with Crippen LogP contribution in [0.3, 0.4) is 0 Å². The predicted octanol–water partition coefficient (Wildman–Crippen LogP) is 1.64. The first kappa shape index (κ1) is 12.1. The van der Waals surface area contributed by atoms with E-state index in [4.69, 9.17) is 5.26 Å². The van der Waals surface area contributed by atoms with Crippen LogP contribution in [0.4, 0.5) is 10.5 Å². The van der Waals surface area contributed by atoms with E-state index in [2.05, 4.69) is 5.32 Å². The molecule has 0 saturated carbocycles. The SMILES string of the molecule is CC1NC(=O)N(c2ccc(C#N)cc2)C(=O)C1C. The molecule has 1 aromatic carbocycles. The molecule has 1 aromatic rings. The summed E-state index contributed by atoms with van der Waals surface area (Å²) >= 11 is 0. The third kappa shape index (κ3) is 1.93. The molecule has 3 amide bonds. The van der Waals surface area contributed by atoms with Crippen molar-refractivity contribution < 1.29 is 9.59 Å². The maximum atomic E-state index is 12.1. The number of anilines is 1. The average Bonchev–Trinajstić information content (AvgIpc) is 2.37. The molecule has 5 nitrogen and oxygen atoms in total. The first-order valence-electron chi connectivity index (χ1n) is 5.69. The summed E-state index contributed by atoms with van der Waals surface area (Å²) in [6.07, 6.45) is 0. The molecule has 0 bridgehead atoms. The van der Waals surface area contributed by atoms with Gasteiger partial charge in [0.25, 0.3) is 0 Å². The Morgan fingerprint density at radius 2 is 1.83 bits per heavy atom. The van der Waals surface area contributed by atoms with Gasteiger partial charge in [0, 0.05) is 6.04 Å². The Labute approximate surface area is 105 Å². The first-order valence-corrected chi connectivity index (χ1v) is 5.69. The van der Waals surface area contributed by atoms with Crippen LogP contribution in [-0.4, -0.2) is 18.0 Å². The van der Waals surface area contributed by atoms with Crippen molar-refractivity contribution in [2.75, 3.05) is 4.90 Å². The van der Waals surface area contributed by atoms with E-state index in [9.17, 15) is 9.59 Å². The van der Waals surface area contributed by atoms with Crippen molar-refractivity contribution in [1.29, 1.82) is 5.26 Å². The second-order valence-corrected chi connectivity index (χ2v) is 4.36. The van der Waals surface area contributed by atoms with Crippen molar-refractivity contribution in [2.45, 2.75) is 19.9 Å². The number of urea groups is 1. The summed E-state index contributed by atoms with van der Waals surface area (Å²) in [6.45, 7) is 3.58. The van der Waals surface area contributed by atoms with Gasteiger partial charge in [-0.05, 0) is 31.2 Å². The standard InChI is InChI=1S/C13H13N3O2/c1-8-9(2)15-13(18)16(12(8)17)11-5-3-10(7-14)4-6-11/h3-6,8-9H,1-2H3,(H,15,18). The van der Waals surface area contributed by atoms with E-state index in [0.717, 1.165) is 4.90 Å². The van der Waals surface area contributed by atoms with Gasteiger partial charge in [-0.1, -0.05) is 6.92 Å². The van der Waals surface area contributed by atoms with Crippen LogP contribution in [0.5, 0.6) is 0 Å². The van der Waals surface area contributed by atoms with Gasteiger partial charge in [-0.15, -0.1) is 0 Å². The fraction of sp³-hybridized carbons (Fsp3) is 0.308. The number of hydrogen-bond donors (Lipinski definition) is 1. The van der Waals surface area contributed by atoms with Crippen LogP contribution < -0.4 is 10.2 Å². The molecule has 0 aromatic heterocycles. The number of amides is 3. The Balaban J connectivity index is 2.34. The lowest BCUT2D eigenvalue weighted by atomic mass is 9.99. The lowest BCUT2D eigenvalue weighted by Crippen LogP contribution is -2.58. The molecular weight excluding hydrogens is 230 g/mol. The van der Waals surface area contributed by atoms with E-state index in [-0.39, 0.29) is 17.9 Å². The van der Waals surface area contributed by atoms with Gasteiger partial charge in [-0.2, -0.15) is 5.26 Å². The summed E-state index contributed by atoms with van der Waals surface area (Å²) in [7, 11) is 0. The van der Waals surface area contributed by atoms with E-state index in [1.54, 1.807) is 38.1 Å². The Bertz CT molecular complexity index is 530. The van der Waals surface area contributed by atoms with Crippen molar-refractivity contribution in [3.05, 3.63) is 29.8 Å². The van der Waals surface area contributed by atoms with E-state index < -0.39 is 6.03 Å². The molecule has 1 aliphatic heterocycles. The molecule has 92 valence electrons. The summed E-state index contributed by atoms with van der Waals surface area (Å²) in [6, 6.07) is 7.76. The minimum absolute atomic E-state index is 0.167. The normalized spacial score (nSPS) is 23.5. The summed E-state index contributed by atoms with van der Waals surface area (Å²) in [5, 5.41) is 11.4. The van der Waals surface area contributed by atoms with E-state index in [1.165, 1.54) is 0 Å².